The number of fused-ring (bicyclic) bond motifs is 1. The van der Waals surface area contributed by atoms with Crippen molar-refractivity contribution in [2.24, 2.45) is 0 Å². The summed E-state index contributed by atoms with van der Waals surface area (Å²) in [4.78, 5) is 4.22. The average molecular weight is 224 g/mol. The predicted molar refractivity (Wildman–Crippen MR) is 59.9 cm³/mol. The number of pyridine rings is 1. The van der Waals surface area contributed by atoms with Gasteiger partial charge in [-0.1, -0.05) is 11.6 Å². The molecular formula is C11H10ClNO2. The Balaban J connectivity index is 2.79. The lowest BCUT2D eigenvalue weighted by Gasteiger charge is -2.09. The highest BCUT2D eigenvalue weighted by Crippen LogP contribution is 2.34. The largest absolute Gasteiger partial charge is 0.493 e. The minimum Gasteiger partial charge on any atom is -0.493 e. The first-order valence-electron chi connectivity index (χ1n) is 4.43. The molecule has 0 aliphatic rings. The summed E-state index contributed by atoms with van der Waals surface area (Å²) >= 11 is 5.84. The molecule has 3 nitrogen and oxygen atoms in total. The van der Waals surface area contributed by atoms with Gasteiger partial charge >= 0.3 is 0 Å². The van der Waals surface area contributed by atoms with Crippen molar-refractivity contribution in [1.82, 2.24) is 4.98 Å². The van der Waals surface area contributed by atoms with Crippen LogP contribution < -0.4 is 9.47 Å². The molecule has 0 radical (unpaired) electrons. The van der Waals surface area contributed by atoms with Gasteiger partial charge in [-0.05, 0) is 24.3 Å². The summed E-state index contributed by atoms with van der Waals surface area (Å²) in [6.45, 7) is 0. The molecule has 0 atom stereocenters. The van der Waals surface area contributed by atoms with Gasteiger partial charge in [0.05, 0.1) is 14.2 Å². The van der Waals surface area contributed by atoms with Crippen LogP contribution in [0.5, 0.6) is 11.5 Å². The number of nitrogens with zero attached hydrogens (tertiary/aromatic N) is 1. The zero-order chi connectivity index (χ0) is 10.8. The minimum atomic E-state index is 0.439. The second-order valence-corrected chi connectivity index (χ2v) is 3.39. The Morgan fingerprint density at radius 2 is 1.80 bits per heavy atom. The molecule has 4 heteroatoms. The third-order valence-corrected chi connectivity index (χ3v) is 2.38. The SMILES string of the molecule is COc1ccc2ccc(Cl)nc2c1OC. The fraction of sp³-hybridized carbons (Fsp3) is 0.182. The lowest BCUT2D eigenvalue weighted by Crippen LogP contribution is -1.93. The maximum atomic E-state index is 5.84. The van der Waals surface area contributed by atoms with E-state index in [9.17, 15) is 0 Å². The van der Waals surface area contributed by atoms with Crippen LogP contribution in [0.3, 0.4) is 0 Å². The number of halogens is 1. The number of methoxy groups -OCH3 is 2. The molecule has 0 amide bonds. The van der Waals surface area contributed by atoms with Crippen molar-refractivity contribution in [2.45, 2.75) is 0 Å². The normalized spacial score (nSPS) is 10.3. The van der Waals surface area contributed by atoms with E-state index in [-0.39, 0.29) is 0 Å². The summed E-state index contributed by atoms with van der Waals surface area (Å²) in [7, 11) is 3.17. The molecule has 15 heavy (non-hydrogen) atoms. The maximum absolute atomic E-state index is 5.84. The summed E-state index contributed by atoms with van der Waals surface area (Å²) in [6.07, 6.45) is 0. The second kappa shape index (κ2) is 3.95. The van der Waals surface area contributed by atoms with Crippen LogP contribution in [0.15, 0.2) is 24.3 Å². The zero-order valence-electron chi connectivity index (χ0n) is 8.45. The fourth-order valence-corrected chi connectivity index (χ4v) is 1.63. The Bertz CT molecular complexity index is 499. The number of benzene rings is 1. The highest BCUT2D eigenvalue weighted by atomic mass is 35.5. The molecule has 0 aliphatic heterocycles. The van der Waals surface area contributed by atoms with E-state index in [1.54, 1.807) is 20.3 Å². The topological polar surface area (TPSA) is 31.4 Å². The first kappa shape index (κ1) is 10.1. The number of hydrogen-bond donors (Lipinski definition) is 0. The van der Waals surface area contributed by atoms with Gasteiger partial charge in [0, 0.05) is 5.39 Å². The van der Waals surface area contributed by atoms with E-state index in [4.69, 9.17) is 21.1 Å². The van der Waals surface area contributed by atoms with Crippen LogP contribution in [-0.2, 0) is 0 Å². The van der Waals surface area contributed by atoms with Gasteiger partial charge in [-0.15, -0.1) is 0 Å². The molecule has 0 spiro atoms. The van der Waals surface area contributed by atoms with Gasteiger partial charge < -0.3 is 9.47 Å². The molecule has 0 saturated heterocycles. The Hall–Kier alpha value is -1.48. The van der Waals surface area contributed by atoms with E-state index < -0.39 is 0 Å². The van der Waals surface area contributed by atoms with Gasteiger partial charge in [0.25, 0.3) is 0 Å². The molecule has 0 saturated carbocycles. The maximum Gasteiger partial charge on any atom is 0.187 e. The third kappa shape index (κ3) is 1.70. The number of hydrogen-bond acceptors (Lipinski definition) is 3. The van der Waals surface area contributed by atoms with Gasteiger partial charge in [0.15, 0.2) is 11.5 Å². The molecule has 2 rings (SSSR count). The summed E-state index contributed by atoms with van der Waals surface area (Å²) in [5, 5.41) is 1.41. The monoisotopic (exact) mass is 223 g/mol. The Morgan fingerprint density at radius 1 is 1.07 bits per heavy atom. The van der Waals surface area contributed by atoms with Crippen LogP contribution in [0.1, 0.15) is 0 Å². The minimum absolute atomic E-state index is 0.439. The van der Waals surface area contributed by atoms with Crippen molar-refractivity contribution in [3.05, 3.63) is 29.4 Å². The smallest absolute Gasteiger partial charge is 0.187 e. The van der Waals surface area contributed by atoms with Crippen LogP contribution in [0.4, 0.5) is 0 Å². The van der Waals surface area contributed by atoms with Crippen molar-refractivity contribution in [3.8, 4) is 11.5 Å². The first-order chi connectivity index (χ1) is 7.26. The Kier molecular flexibility index (Phi) is 2.64. The third-order valence-electron chi connectivity index (χ3n) is 2.17. The molecule has 2 aromatic rings. The van der Waals surface area contributed by atoms with Crippen LogP contribution in [-0.4, -0.2) is 19.2 Å². The fourth-order valence-electron chi connectivity index (χ4n) is 1.48. The highest BCUT2D eigenvalue weighted by Gasteiger charge is 2.09. The van der Waals surface area contributed by atoms with E-state index in [1.807, 2.05) is 18.2 Å². The molecule has 0 unspecified atom stereocenters. The van der Waals surface area contributed by atoms with E-state index in [0.717, 1.165) is 5.39 Å². The van der Waals surface area contributed by atoms with E-state index >= 15 is 0 Å². The lowest BCUT2D eigenvalue weighted by molar-refractivity contribution is 0.358. The number of ether oxygens (including phenoxy) is 2. The quantitative estimate of drug-likeness (QED) is 0.734. The van der Waals surface area contributed by atoms with E-state index in [1.165, 1.54) is 0 Å². The van der Waals surface area contributed by atoms with Gasteiger partial charge in [-0.3, -0.25) is 0 Å². The van der Waals surface area contributed by atoms with Crippen molar-refractivity contribution >= 4 is 22.5 Å². The Morgan fingerprint density at radius 3 is 2.47 bits per heavy atom. The van der Waals surface area contributed by atoms with Gasteiger partial charge in [0.1, 0.15) is 10.7 Å². The Labute approximate surface area is 92.6 Å². The number of rotatable bonds is 2. The molecule has 1 heterocycles. The molecule has 1 aromatic heterocycles. The highest BCUT2D eigenvalue weighted by molar-refractivity contribution is 6.29. The zero-order valence-corrected chi connectivity index (χ0v) is 9.21. The van der Waals surface area contributed by atoms with Gasteiger partial charge in [0.2, 0.25) is 0 Å². The van der Waals surface area contributed by atoms with Crippen molar-refractivity contribution < 1.29 is 9.47 Å². The van der Waals surface area contributed by atoms with Crippen LogP contribution in [0.2, 0.25) is 5.15 Å². The molecule has 0 fully saturated rings. The predicted octanol–water partition coefficient (Wildman–Crippen LogP) is 2.91. The van der Waals surface area contributed by atoms with Crippen molar-refractivity contribution in [3.63, 3.8) is 0 Å². The molecule has 1 aromatic carbocycles. The summed E-state index contributed by atoms with van der Waals surface area (Å²) in [5.41, 5.74) is 0.712. The molecular weight excluding hydrogens is 214 g/mol. The van der Waals surface area contributed by atoms with Crippen molar-refractivity contribution in [2.75, 3.05) is 14.2 Å². The van der Waals surface area contributed by atoms with Crippen molar-refractivity contribution in [1.29, 1.82) is 0 Å². The summed E-state index contributed by atoms with van der Waals surface area (Å²) < 4.78 is 10.4. The first-order valence-corrected chi connectivity index (χ1v) is 4.81. The number of aromatic nitrogens is 1. The summed E-state index contributed by atoms with van der Waals surface area (Å²) in [6, 6.07) is 7.40. The molecule has 0 bridgehead atoms. The van der Waals surface area contributed by atoms with Crippen LogP contribution in [0, 0.1) is 0 Å². The van der Waals surface area contributed by atoms with Gasteiger partial charge in [-0.2, -0.15) is 0 Å². The second-order valence-electron chi connectivity index (χ2n) is 3.01. The molecule has 0 N–H and O–H groups in total. The lowest BCUT2D eigenvalue weighted by atomic mass is 10.2. The van der Waals surface area contributed by atoms with E-state index in [0.29, 0.717) is 22.2 Å². The van der Waals surface area contributed by atoms with Crippen LogP contribution >= 0.6 is 11.6 Å². The summed E-state index contributed by atoms with van der Waals surface area (Å²) in [5.74, 6) is 1.26. The van der Waals surface area contributed by atoms with Gasteiger partial charge in [-0.25, -0.2) is 4.98 Å². The standard InChI is InChI=1S/C11H10ClNO2/c1-14-8-5-3-7-4-6-9(12)13-10(7)11(8)15-2/h3-6H,1-2H3. The molecule has 0 aliphatic carbocycles. The molecule has 78 valence electrons. The average Bonchev–Trinajstić information content (AvgIpc) is 2.27. The van der Waals surface area contributed by atoms with E-state index in [2.05, 4.69) is 4.98 Å². The van der Waals surface area contributed by atoms with Crippen LogP contribution in [0.25, 0.3) is 10.9 Å².